The fraction of sp³-hybridized carbons (Fsp3) is 0.818. The summed E-state index contributed by atoms with van der Waals surface area (Å²) in [6, 6.07) is -0.713. The molecule has 0 fully saturated rings. The van der Waals surface area contributed by atoms with Gasteiger partial charge in [0.2, 0.25) is 5.91 Å². The lowest BCUT2D eigenvalue weighted by molar-refractivity contribution is -0.151. The summed E-state index contributed by atoms with van der Waals surface area (Å²) >= 11 is 0. The largest absolute Gasteiger partial charge is 0.462 e. The molecule has 0 aliphatic rings. The van der Waals surface area contributed by atoms with Crippen molar-refractivity contribution in [1.82, 2.24) is 5.32 Å². The highest BCUT2D eigenvalue weighted by Crippen LogP contribution is 2.17. The van der Waals surface area contributed by atoms with Crippen molar-refractivity contribution in [2.24, 2.45) is 0 Å². The number of allylic oxidation sites excluding steroid dienone is 8. The van der Waals surface area contributed by atoms with Gasteiger partial charge in [-0.25, -0.2) is 0 Å². The number of carbonyl (C=O) groups is 2. The Kier molecular flexibility index (Phi) is 47.1. The van der Waals surface area contributed by atoms with E-state index in [0.717, 1.165) is 89.9 Å². The number of aliphatic hydroxyl groups is 2. The van der Waals surface area contributed by atoms with Crippen molar-refractivity contribution >= 4 is 11.9 Å². The van der Waals surface area contributed by atoms with E-state index in [9.17, 15) is 19.8 Å². The van der Waals surface area contributed by atoms with Crippen molar-refractivity contribution < 1.29 is 24.5 Å². The number of hydrogen-bond acceptors (Lipinski definition) is 5. The Labute approximate surface area is 378 Å². The summed E-state index contributed by atoms with van der Waals surface area (Å²) in [5, 5.41) is 23.8. The minimum atomic E-state index is -0.797. The number of carbonyl (C=O) groups excluding carboxylic acids is 2. The predicted octanol–water partition coefficient (Wildman–Crippen LogP) is 15.8. The van der Waals surface area contributed by atoms with Crippen LogP contribution in [0.2, 0.25) is 0 Å². The van der Waals surface area contributed by atoms with Gasteiger partial charge in [0.1, 0.15) is 6.10 Å². The number of nitrogens with one attached hydrogen (secondary N) is 1. The summed E-state index contributed by atoms with van der Waals surface area (Å²) in [5.74, 6) is -0.520. The lowest BCUT2D eigenvalue weighted by Gasteiger charge is -2.24. The fourth-order valence-electron chi connectivity index (χ4n) is 7.88. The maximum atomic E-state index is 13.2. The highest BCUT2D eigenvalue weighted by Gasteiger charge is 2.24. The van der Waals surface area contributed by atoms with Crippen LogP contribution in [-0.2, 0) is 14.3 Å². The molecule has 1 amide bonds. The van der Waals surface area contributed by atoms with Gasteiger partial charge in [0, 0.05) is 6.42 Å². The summed E-state index contributed by atoms with van der Waals surface area (Å²) in [5.41, 5.74) is 0. The molecule has 0 heterocycles. The van der Waals surface area contributed by atoms with Crippen molar-refractivity contribution in [2.75, 3.05) is 6.61 Å². The second-order valence-corrected chi connectivity index (χ2v) is 18.0. The van der Waals surface area contributed by atoms with E-state index < -0.39 is 18.2 Å². The van der Waals surface area contributed by atoms with Crippen LogP contribution in [0.3, 0.4) is 0 Å². The number of rotatable bonds is 47. The van der Waals surface area contributed by atoms with Crippen LogP contribution in [0.15, 0.2) is 48.6 Å². The molecule has 0 saturated carbocycles. The topological polar surface area (TPSA) is 95.9 Å². The van der Waals surface area contributed by atoms with Crippen LogP contribution in [0.5, 0.6) is 0 Å². The summed E-state index contributed by atoms with van der Waals surface area (Å²) in [7, 11) is 0. The molecule has 3 N–H and O–H groups in total. The first kappa shape index (κ1) is 58.8. The lowest BCUT2D eigenvalue weighted by atomic mass is 10.0. The van der Waals surface area contributed by atoms with Crippen LogP contribution < -0.4 is 5.32 Å². The van der Waals surface area contributed by atoms with Gasteiger partial charge in [-0.15, -0.1) is 0 Å². The molecule has 0 aliphatic heterocycles. The van der Waals surface area contributed by atoms with Gasteiger partial charge >= 0.3 is 5.97 Å². The Bertz CT molecular complexity index is 1050. The Hall–Kier alpha value is -2.18. The summed E-state index contributed by atoms with van der Waals surface area (Å²) < 4.78 is 5.91. The number of esters is 1. The number of aliphatic hydroxyl groups excluding tert-OH is 2. The second kappa shape index (κ2) is 48.8. The first-order valence-electron chi connectivity index (χ1n) is 26.4. The van der Waals surface area contributed by atoms with E-state index in [2.05, 4.69) is 74.7 Å². The zero-order valence-corrected chi connectivity index (χ0v) is 40.5. The average molecular weight is 856 g/mol. The van der Waals surface area contributed by atoms with Gasteiger partial charge < -0.3 is 20.3 Å². The molecular formula is C55H101NO5. The molecule has 3 atom stereocenters. The van der Waals surface area contributed by atoms with Crippen molar-refractivity contribution in [1.29, 1.82) is 0 Å². The molecule has 0 spiro atoms. The standard InChI is InChI=1S/C55H101NO5/c1-4-7-10-13-16-19-22-25-26-27-30-33-36-39-42-45-48-55(60)61-51(46-43-40-37-34-31-28-23-20-17-14-11-8-5-2)49-54(59)56-52(50-57)53(58)47-44-41-38-35-32-29-24-21-18-15-12-9-6-3/h17,20,23,26-28,30,33,51-53,57-58H,4-16,18-19,21-22,24-25,29,31-32,34-50H2,1-3H3,(H,56,59)/b20-17+,27-26+,28-23+,33-30+. The first-order chi connectivity index (χ1) is 30.0. The zero-order chi connectivity index (χ0) is 44.5. The van der Waals surface area contributed by atoms with E-state index in [0.29, 0.717) is 19.3 Å². The minimum absolute atomic E-state index is 0.0539. The number of ether oxygens (including phenoxy) is 1. The molecule has 0 aliphatic carbocycles. The molecule has 356 valence electrons. The van der Waals surface area contributed by atoms with Crippen LogP contribution in [0.25, 0.3) is 0 Å². The second-order valence-electron chi connectivity index (χ2n) is 18.0. The number of unbranched alkanes of at least 4 members (excludes halogenated alkanes) is 29. The van der Waals surface area contributed by atoms with Crippen molar-refractivity contribution in [3.05, 3.63) is 48.6 Å². The molecule has 0 aromatic rings. The zero-order valence-electron chi connectivity index (χ0n) is 40.5. The van der Waals surface area contributed by atoms with Crippen LogP contribution in [0.1, 0.15) is 265 Å². The molecule has 0 saturated heterocycles. The molecule has 6 heteroatoms. The number of amides is 1. The monoisotopic (exact) mass is 856 g/mol. The van der Waals surface area contributed by atoms with Gasteiger partial charge in [-0.3, -0.25) is 9.59 Å². The Balaban J connectivity index is 4.63. The van der Waals surface area contributed by atoms with Gasteiger partial charge in [-0.1, -0.05) is 223 Å². The highest BCUT2D eigenvalue weighted by atomic mass is 16.5. The molecule has 6 nitrogen and oxygen atoms in total. The van der Waals surface area contributed by atoms with Crippen molar-refractivity contribution in [3.63, 3.8) is 0 Å². The third-order valence-corrected chi connectivity index (χ3v) is 11.9. The summed E-state index contributed by atoms with van der Waals surface area (Å²) in [6.07, 6.45) is 58.8. The highest BCUT2D eigenvalue weighted by molar-refractivity contribution is 5.77. The molecule has 3 unspecified atom stereocenters. The van der Waals surface area contributed by atoms with E-state index in [1.54, 1.807) is 0 Å². The third kappa shape index (κ3) is 44.2. The van der Waals surface area contributed by atoms with E-state index in [-0.39, 0.29) is 24.9 Å². The smallest absolute Gasteiger partial charge is 0.306 e. The minimum Gasteiger partial charge on any atom is -0.462 e. The quantitative estimate of drug-likeness (QED) is 0.0322. The van der Waals surface area contributed by atoms with E-state index in [1.807, 2.05) is 0 Å². The predicted molar refractivity (Wildman–Crippen MR) is 264 cm³/mol. The fourth-order valence-corrected chi connectivity index (χ4v) is 7.88. The Morgan fingerprint density at radius 2 is 0.820 bits per heavy atom. The van der Waals surface area contributed by atoms with Gasteiger partial charge in [-0.2, -0.15) is 0 Å². The first-order valence-corrected chi connectivity index (χ1v) is 26.4. The van der Waals surface area contributed by atoms with Crippen LogP contribution in [0, 0.1) is 0 Å². The maximum Gasteiger partial charge on any atom is 0.306 e. The SMILES string of the molecule is CCCCC/C=C/C=C/CCCCCCC(CC(=O)NC(CO)C(O)CCCCCCCCCCCCCCC)OC(=O)CCCCC/C=C/C=C/CCCCCCCCC. The normalized spacial score (nSPS) is 13.6. The number of hydrogen-bond donors (Lipinski definition) is 3. The van der Waals surface area contributed by atoms with Crippen LogP contribution in [-0.4, -0.2) is 46.9 Å². The Morgan fingerprint density at radius 1 is 0.475 bits per heavy atom. The molecule has 0 rings (SSSR count). The molecule has 0 radical (unpaired) electrons. The lowest BCUT2D eigenvalue weighted by Crippen LogP contribution is -2.46. The van der Waals surface area contributed by atoms with Crippen molar-refractivity contribution in [3.8, 4) is 0 Å². The van der Waals surface area contributed by atoms with Gasteiger partial charge in [0.15, 0.2) is 0 Å². The molecule has 0 bridgehead atoms. The summed E-state index contributed by atoms with van der Waals surface area (Å²) in [4.78, 5) is 26.1. The molecular weight excluding hydrogens is 755 g/mol. The van der Waals surface area contributed by atoms with Gasteiger partial charge in [-0.05, 0) is 77.0 Å². The maximum absolute atomic E-state index is 13.2. The Morgan fingerprint density at radius 3 is 1.25 bits per heavy atom. The third-order valence-electron chi connectivity index (χ3n) is 11.9. The van der Waals surface area contributed by atoms with Gasteiger partial charge in [0.25, 0.3) is 0 Å². The van der Waals surface area contributed by atoms with Crippen LogP contribution in [0.4, 0.5) is 0 Å². The van der Waals surface area contributed by atoms with Gasteiger partial charge in [0.05, 0.1) is 25.2 Å². The van der Waals surface area contributed by atoms with E-state index in [1.165, 1.54) is 128 Å². The van der Waals surface area contributed by atoms with Crippen molar-refractivity contribution in [2.45, 2.75) is 283 Å². The average Bonchev–Trinajstić information content (AvgIpc) is 3.25. The molecule has 0 aromatic heterocycles. The molecule has 61 heavy (non-hydrogen) atoms. The van der Waals surface area contributed by atoms with Crippen LogP contribution >= 0.6 is 0 Å². The molecule has 0 aromatic carbocycles. The van der Waals surface area contributed by atoms with E-state index >= 15 is 0 Å². The van der Waals surface area contributed by atoms with E-state index in [4.69, 9.17) is 4.74 Å². The summed E-state index contributed by atoms with van der Waals surface area (Å²) in [6.45, 7) is 6.44.